The largest absolute Gasteiger partial charge is 0.497 e. The van der Waals surface area contributed by atoms with Crippen LogP contribution in [0.1, 0.15) is 5.01 Å². The number of carbonyl (C=O) groups excluding carboxylic acids is 1. The Morgan fingerprint density at radius 3 is 2.71 bits per heavy atom. The molecule has 4 rings (SSSR count). The molecule has 2 heterocycles. The van der Waals surface area contributed by atoms with Crippen LogP contribution in [-0.4, -0.2) is 60.6 Å². The first-order valence-electron chi connectivity index (χ1n) is 10.1. The number of nitrogens with zero attached hydrogens (tertiary/aromatic N) is 3. The maximum atomic E-state index is 13.6. The first-order valence-corrected chi connectivity index (χ1v) is 11.0. The molecule has 0 saturated carbocycles. The lowest BCUT2D eigenvalue weighted by Crippen LogP contribution is -2.49. The number of hydrogen-bond acceptors (Lipinski definition) is 6. The van der Waals surface area contributed by atoms with E-state index in [2.05, 4.69) is 10.3 Å². The van der Waals surface area contributed by atoms with Gasteiger partial charge in [0, 0.05) is 37.1 Å². The average molecular weight is 442 g/mol. The van der Waals surface area contributed by atoms with Crippen molar-refractivity contribution in [2.45, 2.75) is 6.54 Å². The lowest BCUT2D eigenvalue weighted by molar-refractivity contribution is -0.135. The van der Waals surface area contributed by atoms with Gasteiger partial charge in [0.15, 0.2) is 18.2 Å². The van der Waals surface area contributed by atoms with Crippen molar-refractivity contribution in [2.24, 2.45) is 0 Å². The molecule has 0 atom stereocenters. The normalized spacial score (nSPS) is 14.5. The van der Waals surface area contributed by atoms with Crippen LogP contribution < -0.4 is 9.47 Å². The molecule has 8 heteroatoms. The molecule has 2 aromatic carbocycles. The van der Waals surface area contributed by atoms with Gasteiger partial charge < -0.3 is 14.4 Å². The number of hydrogen-bond donors (Lipinski definition) is 0. The smallest absolute Gasteiger partial charge is 0.260 e. The number of piperazine rings is 1. The second kappa shape index (κ2) is 9.89. The van der Waals surface area contributed by atoms with Crippen LogP contribution in [0.3, 0.4) is 0 Å². The van der Waals surface area contributed by atoms with Crippen LogP contribution in [-0.2, 0) is 11.3 Å². The van der Waals surface area contributed by atoms with Gasteiger partial charge in [-0.25, -0.2) is 9.37 Å². The van der Waals surface area contributed by atoms with Crippen molar-refractivity contribution in [3.63, 3.8) is 0 Å². The van der Waals surface area contributed by atoms with E-state index in [1.807, 2.05) is 24.3 Å². The molecule has 0 spiro atoms. The number of methoxy groups -OCH3 is 1. The molecule has 1 saturated heterocycles. The lowest BCUT2D eigenvalue weighted by Gasteiger charge is -2.34. The summed E-state index contributed by atoms with van der Waals surface area (Å²) in [5, 5.41) is 3.10. The predicted molar refractivity (Wildman–Crippen MR) is 118 cm³/mol. The molecular formula is C23H24FN3O3S. The number of amides is 1. The Bertz CT molecular complexity index is 1030. The zero-order valence-electron chi connectivity index (χ0n) is 17.3. The van der Waals surface area contributed by atoms with Gasteiger partial charge in [-0.15, -0.1) is 11.3 Å². The molecule has 162 valence electrons. The van der Waals surface area contributed by atoms with Gasteiger partial charge in [0.05, 0.1) is 19.3 Å². The van der Waals surface area contributed by atoms with Gasteiger partial charge in [-0.2, -0.15) is 0 Å². The van der Waals surface area contributed by atoms with Gasteiger partial charge in [-0.1, -0.05) is 24.3 Å². The minimum Gasteiger partial charge on any atom is -0.497 e. The number of para-hydroxylation sites is 1. The van der Waals surface area contributed by atoms with Crippen molar-refractivity contribution < 1.29 is 18.7 Å². The fraction of sp³-hybridized carbons (Fsp3) is 0.304. The van der Waals surface area contributed by atoms with E-state index in [9.17, 15) is 9.18 Å². The molecule has 1 aliphatic heterocycles. The quantitative estimate of drug-likeness (QED) is 0.560. The highest BCUT2D eigenvalue weighted by atomic mass is 32.1. The van der Waals surface area contributed by atoms with Gasteiger partial charge >= 0.3 is 0 Å². The van der Waals surface area contributed by atoms with Crippen LogP contribution >= 0.6 is 11.3 Å². The molecule has 31 heavy (non-hydrogen) atoms. The SMILES string of the molecule is COc1cccc(-c2csc(CN3CCN(C(=O)COc4ccccc4F)CC3)n2)c1. The highest BCUT2D eigenvalue weighted by Gasteiger charge is 2.22. The monoisotopic (exact) mass is 441 g/mol. The fourth-order valence-corrected chi connectivity index (χ4v) is 4.28. The van der Waals surface area contributed by atoms with Gasteiger partial charge in [0.25, 0.3) is 5.91 Å². The number of rotatable bonds is 7. The Balaban J connectivity index is 1.26. The van der Waals surface area contributed by atoms with E-state index in [0.29, 0.717) is 13.1 Å². The summed E-state index contributed by atoms with van der Waals surface area (Å²) < 4.78 is 24.2. The maximum Gasteiger partial charge on any atom is 0.260 e. The van der Waals surface area contributed by atoms with E-state index >= 15 is 0 Å². The lowest BCUT2D eigenvalue weighted by atomic mass is 10.2. The number of halogens is 1. The number of ether oxygens (including phenoxy) is 2. The summed E-state index contributed by atoms with van der Waals surface area (Å²) in [6.45, 7) is 3.36. The van der Waals surface area contributed by atoms with E-state index < -0.39 is 5.82 Å². The molecule has 1 aliphatic rings. The molecule has 3 aromatic rings. The van der Waals surface area contributed by atoms with Crippen molar-refractivity contribution >= 4 is 17.2 Å². The highest BCUT2D eigenvalue weighted by molar-refractivity contribution is 7.09. The van der Waals surface area contributed by atoms with Crippen molar-refractivity contribution in [1.82, 2.24) is 14.8 Å². The zero-order chi connectivity index (χ0) is 21.6. The first kappa shape index (κ1) is 21.3. The average Bonchev–Trinajstić information content (AvgIpc) is 3.27. The summed E-state index contributed by atoms with van der Waals surface area (Å²) in [4.78, 5) is 21.2. The number of aromatic nitrogens is 1. The van der Waals surface area contributed by atoms with Gasteiger partial charge in [-0.3, -0.25) is 9.69 Å². The summed E-state index contributed by atoms with van der Waals surface area (Å²) in [5.41, 5.74) is 1.98. The minimum atomic E-state index is -0.461. The Morgan fingerprint density at radius 2 is 1.94 bits per heavy atom. The standard InChI is InChI=1S/C23H24FN3O3S/c1-29-18-6-4-5-17(13-18)20-16-31-22(25-20)14-26-9-11-27(12-10-26)23(28)15-30-21-8-3-2-7-19(21)24/h2-8,13,16H,9-12,14-15H2,1H3. The highest BCUT2D eigenvalue weighted by Crippen LogP contribution is 2.26. The first-order chi connectivity index (χ1) is 15.1. The predicted octanol–water partition coefficient (Wildman–Crippen LogP) is 3.68. The third-order valence-electron chi connectivity index (χ3n) is 5.19. The summed E-state index contributed by atoms with van der Waals surface area (Å²) in [6, 6.07) is 14.0. The van der Waals surface area contributed by atoms with E-state index in [1.165, 1.54) is 12.1 Å². The second-order valence-electron chi connectivity index (χ2n) is 7.23. The number of thiazole rings is 1. The van der Waals surface area contributed by atoms with E-state index in [-0.39, 0.29) is 18.3 Å². The molecule has 1 aromatic heterocycles. The van der Waals surface area contributed by atoms with Gasteiger partial charge in [0.2, 0.25) is 0 Å². The van der Waals surface area contributed by atoms with Crippen molar-refractivity contribution in [1.29, 1.82) is 0 Å². The molecular weight excluding hydrogens is 417 g/mol. The second-order valence-corrected chi connectivity index (χ2v) is 8.18. The Kier molecular flexibility index (Phi) is 6.79. The van der Waals surface area contributed by atoms with Crippen LogP contribution in [0, 0.1) is 5.82 Å². The molecule has 0 radical (unpaired) electrons. The van der Waals surface area contributed by atoms with Gasteiger partial charge in [0.1, 0.15) is 10.8 Å². The summed E-state index contributed by atoms with van der Waals surface area (Å²) >= 11 is 1.64. The molecule has 1 amide bonds. The summed E-state index contributed by atoms with van der Waals surface area (Å²) in [7, 11) is 1.65. The molecule has 0 N–H and O–H groups in total. The third kappa shape index (κ3) is 5.39. The molecule has 6 nitrogen and oxygen atoms in total. The Morgan fingerprint density at radius 1 is 1.13 bits per heavy atom. The van der Waals surface area contributed by atoms with E-state index in [0.717, 1.165) is 41.6 Å². The summed E-state index contributed by atoms with van der Waals surface area (Å²) in [5.74, 6) is 0.325. The van der Waals surface area contributed by atoms with Crippen molar-refractivity contribution in [3.05, 3.63) is 64.7 Å². The van der Waals surface area contributed by atoms with E-state index in [4.69, 9.17) is 14.5 Å². The number of benzene rings is 2. The van der Waals surface area contributed by atoms with E-state index in [1.54, 1.807) is 35.5 Å². The van der Waals surface area contributed by atoms with Crippen LogP contribution in [0.2, 0.25) is 0 Å². The van der Waals surface area contributed by atoms with Crippen LogP contribution in [0.5, 0.6) is 11.5 Å². The fourth-order valence-electron chi connectivity index (χ4n) is 3.44. The topological polar surface area (TPSA) is 54.9 Å². The van der Waals surface area contributed by atoms with Crippen molar-refractivity contribution in [2.75, 3.05) is 39.9 Å². The minimum absolute atomic E-state index is 0.102. The maximum absolute atomic E-state index is 13.6. The zero-order valence-corrected chi connectivity index (χ0v) is 18.1. The molecule has 0 bridgehead atoms. The van der Waals surface area contributed by atoms with Crippen LogP contribution in [0.4, 0.5) is 4.39 Å². The molecule has 0 aliphatic carbocycles. The summed E-state index contributed by atoms with van der Waals surface area (Å²) in [6.07, 6.45) is 0. The van der Waals surface area contributed by atoms with Crippen LogP contribution in [0.25, 0.3) is 11.3 Å². The Labute approximate surface area is 184 Å². The third-order valence-corrected chi connectivity index (χ3v) is 6.02. The Hall–Kier alpha value is -2.97. The van der Waals surface area contributed by atoms with Crippen molar-refractivity contribution in [3.8, 4) is 22.8 Å². The number of carbonyl (C=O) groups is 1. The van der Waals surface area contributed by atoms with Crippen LogP contribution in [0.15, 0.2) is 53.9 Å². The van der Waals surface area contributed by atoms with Gasteiger partial charge in [-0.05, 0) is 24.3 Å². The molecule has 0 unspecified atom stereocenters. The molecule has 1 fully saturated rings.